The van der Waals surface area contributed by atoms with E-state index in [4.69, 9.17) is 0 Å². The lowest BCUT2D eigenvalue weighted by Gasteiger charge is -1.99. The Balaban J connectivity index is 2.32. The van der Waals surface area contributed by atoms with Gasteiger partial charge in [-0.2, -0.15) is 0 Å². The van der Waals surface area contributed by atoms with E-state index in [0.717, 1.165) is 18.5 Å². The molecule has 0 radical (unpaired) electrons. The highest BCUT2D eigenvalue weighted by Gasteiger charge is 1.93. The van der Waals surface area contributed by atoms with Crippen LogP contribution >= 0.6 is 0 Å². The lowest BCUT2D eigenvalue weighted by atomic mass is 10.2. The van der Waals surface area contributed by atoms with Gasteiger partial charge in [-0.15, -0.1) is 0 Å². The zero-order valence-corrected chi connectivity index (χ0v) is 9.42. The Kier molecular flexibility index (Phi) is 5.75. The fourth-order valence-corrected chi connectivity index (χ4v) is 1.16. The van der Waals surface area contributed by atoms with Crippen molar-refractivity contribution in [2.24, 2.45) is 0 Å². The average molecular weight is 216 g/mol. The molecule has 2 N–H and O–H groups in total. The van der Waals surface area contributed by atoms with Gasteiger partial charge in [0.25, 0.3) is 5.91 Å². The summed E-state index contributed by atoms with van der Waals surface area (Å²) in [5.74, 6) is 5.14. The summed E-state index contributed by atoms with van der Waals surface area (Å²) in [6.07, 6.45) is 0.912. The van der Waals surface area contributed by atoms with Crippen LogP contribution in [-0.2, 0) is 4.79 Å². The highest BCUT2D eigenvalue weighted by atomic mass is 16.1. The number of nitrogens with one attached hydrogen (secondary N) is 2. The highest BCUT2D eigenvalue weighted by molar-refractivity contribution is 5.94. The molecule has 0 saturated heterocycles. The molecule has 0 aliphatic rings. The minimum atomic E-state index is -0.222. The van der Waals surface area contributed by atoms with E-state index in [9.17, 15) is 4.79 Å². The molecule has 0 aliphatic carbocycles. The molecule has 1 aromatic carbocycles. The molecule has 84 valence electrons. The summed E-state index contributed by atoms with van der Waals surface area (Å²) in [5.41, 5.74) is 0.855. The molecular formula is C13H16N2O. The highest BCUT2D eigenvalue weighted by Crippen LogP contribution is 1.94. The molecule has 0 aliphatic heterocycles. The number of carbonyl (C=O) groups excluding carboxylic acids is 1. The fourth-order valence-electron chi connectivity index (χ4n) is 1.16. The molecular weight excluding hydrogens is 200 g/mol. The quantitative estimate of drug-likeness (QED) is 0.576. The Hall–Kier alpha value is -1.79. The van der Waals surface area contributed by atoms with Gasteiger partial charge in [-0.25, -0.2) is 0 Å². The third kappa shape index (κ3) is 5.18. The summed E-state index contributed by atoms with van der Waals surface area (Å²) in [5, 5.41) is 5.75. The van der Waals surface area contributed by atoms with Crippen LogP contribution in [0.25, 0.3) is 0 Å². The number of rotatable bonds is 4. The number of hydrogen-bond donors (Lipinski definition) is 2. The maximum Gasteiger partial charge on any atom is 0.296 e. The van der Waals surface area contributed by atoms with Gasteiger partial charge < -0.3 is 10.6 Å². The van der Waals surface area contributed by atoms with Gasteiger partial charge in [0.2, 0.25) is 0 Å². The van der Waals surface area contributed by atoms with Gasteiger partial charge in [0, 0.05) is 18.0 Å². The van der Waals surface area contributed by atoms with Gasteiger partial charge in [-0.1, -0.05) is 24.1 Å². The van der Waals surface area contributed by atoms with Crippen molar-refractivity contribution in [2.75, 3.05) is 20.1 Å². The molecule has 0 saturated carbocycles. The predicted octanol–water partition coefficient (Wildman–Crippen LogP) is 0.764. The van der Waals surface area contributed by atoms with Gasteiger partial charge >= 0.3 is 0 Å². The molecule has 0 atom stereocenters. The van der Waals surface area contributed by atoms with Crippen LogP contribution in [0.15, 0.2) is 30.3 Å². The standard InChI is InChI=1S/C13H16N2O/c1-14-10-5-11-15-13(16)9-8-12-6-3-2-4-7-12/h2-4,6-7,14H,5,10-11H2,1H3,(H,15,16). The lowest BCUT2D eigenvalue weighted by Crippen LogP contribution is -2.25. The minimum absolute atomic E-state index is 0.222. The maximum absolute atomic E-state index is 11.3. The summed E-state index contributed by atoms with van der Waals surface area (Å²) >= 11 is 0. The Morgan fingerprint density at radius 2 is 2.00 bits per heavy atom. The van der Waals surface area contributed by atoms with Gasteiger partial charge in [0.15, 0.2) is 0 Å². The van der Waals surface area contributed by atoms with Crippen LogP contribution in [0.4, 0.5) is 0 Å². The number of carbonyl (C=O) groups is 1. The van der Waals surface area contributed by atoms with Crippen molar-refractivity contribution in [1.29, 1.82) is 0 Å². The molecule has 1 amide bonds. The van der Waals surface area contributed by atoms with E-state index in [1.165, 1.54) is 0 Å². The molecule has 0 heterocycles. The van der Waals surface area contributed by atoms with Crippen LogP contribution < -0.4 is 10.6 Å². The second-order valence-electron chi connectivity index (χ2n) is 3.33. The summed E-state index contributed by atoms with van der Waals surface area (Å²) in [6, 6.07) is 9.47. The fraction of sp³-hybridized carbons (Fsp3) is 0.308. The zero-order valence-electron chi connectivity index (χ0n) is 9.42. The van der Waals surface area contributed by atoms with Crippen molar-refractivity contribution in [3.8, 4) is 11.8 Å². The molecule has 1 rings (SSSR count). The van der Waals surface area contributed by atoms with E-state index in [1.54, 1.807) is 0 Å². The Morgan fingerprint density at radius 3 is 2.69 bits per heavy atom. The molecule has 0 fully saturated rings. The first kappa shape index (κ1) is 12.3. The Labute approximate surface area is 96.2 Å². The molecule has 0 spiro atoms. The molecule has 1 aromatic rings. The minimum Gasteiger partial charge on any atom is -0.345 e. The molecule has 16 heavy (non-hydrogen) atoms. The largest absolute Gasteiger partial charge is 0.345 e. The Bertz CT molecular complexity index is 376. The summed E-state index contributed by atoms with van der Waals surface area (Å²) in [6.45, 7) is 1.55. The summed E-state index contributed by atoms with van der Waals surface area (Å²) < 4.78 is 0. The third-order valence-electron chi connectivity index (χ3n) is 1.98. The number of hydrogen-bond acceptors (Lipinski definition) is 2. The average Bonchev–Trinajstić information content (AvgIpc) is 2.33. The maximum atomic E-state index is 11.3. The second kappa shape index (κ2) is 7.49. The molecule has 0 unspecified atom stereocenters. The van der Waals surface area contributed by atoms with Gasteiger partial charge in [0.1, 0.15) is 0 Å². The first-order chi connectivity index (χ1) is 7.83. The SMILES string of the molecule is CNCCCNC(=O)C#Cc1ccccc1. The second-order valence-corrected chi connectivity index (χ2v) is 3.33. The van der Waals surface area contributed by atoms with Crippen molar-refractivity contribution in [2.45, 2.75) is 6.42 Å². The van der Waals surface area contributed by atoms with E-state index in [1.807, 2.05) is 37.4 Å². The van der Waals surface area contributed by atoms with Crippen molar-refractivity contribution < 1.29 is 4.79 Å². The smallest absolute Gasteiger partial charge is 0.296 e. The van der Waals surface area contributed by atoms with Crippen LogP contribution in [0.3, 0.4) is 0 Å². The van der Waals surface area contributed by atoms with E-state index < -0.39 is 0 Å². The van der Waals surface area contributed by atoms with Crippen LogP contribution in [-0.4, -0.2) is 26.0 Å². The van der Waals surface area contributed by atoms with Crippen LogP contribution in [0.2, 0.25) is 0 Å². The normalized spacial score (nSPS) is 9.06. The first-order valence-corrected chi connectivity index (χ1v) is 5.32. The predicted molar refractivity (Wildman–Crippen MR) is 64.9 cm³/mol. The van der Waals surface area contributed by atoms with Crippen LogP contribution in [0.1, 0.15) is 12.0 Å². The van der Waals surface area contributed by atoms with Gasteiger partial charge in [-0.3, -0.25) is 4.79 Å². The van der Waals surface area contributed by atoms with Gasteiger partial charge in [-0.05, 0) is 32.1 Å². The van der Waals surface area contributed by atoms with Crippen molar-refractivity contribution in [1.82, 2.24) is 10.6 Å². The molecule has 3 nitrogen and oxygen atoms in total. The monoisotopic (exact) mass is 216 g/mol. The molecule has 3 heteroatoms. The lowest BCUT2D eigenvalue weighted by molar-refractivity contribution is -0.115. The van der Waals surface area contributed by atoms with Crippen LogP contribution in [0.5, 0.6) is 0 Å². The van der Waals surface area contributed by atoms with E-state index >= 15 is 0 Å². The topological polar surface area (TPSA) is 41.1 Å². The third-order valence-corrected chi connectivity index (χ3v) is 1.98. The first-order valence-electron chi connectivity index (χ1n) is 5.32. The molecule has 0 aromatic heterocycles. The van der Waals surface area contributed by atoms with E-state index in [2.05, 4.69) is 22.5 Å². The van der Waals surface area contributed by atoms with Gasteiger partial charge in [0.05, 0.1) is 0 Å². The van der Waals surface area contributed by atoms with Crippen LogP contribution in [0, 0.1) is 11.8 Å². The molecule has 0 bridgehead atoms. The number of benzene rings is 1. The Morgan fingerprint density at radius 1 is 1.25 bits per heavy atom. The summed E-state index contributed by atoms with van der Waals surface area (Å²) in [4.78, 5) is 11.3. The number of amides is 1. The van der Waals surface area contributed by atoms with E-state index in [-0.39, 0.29) is 5.91 Å². The van der Waals surface area contributed by atoms with Crippen molar-refractivity contribution in [3.63, 3.8) is 0 Å². The van der Waals surface area contributed by atoms with Crippen molar-refractivity contribution in [3.05, 3.63) is 35.9 Å². The zero-order chi connectivity index (χ0) is 11.6. The van der Waals surface area contributed by atoms with E-state index in [0.29, 0.717) is 6.54 Å². The van der Waals surface area contributed by atoms with Crippen molar-refractivity contribution >= 4 is 5.91 Å². The summed E-state index contributed by atoms with van der Waals surface area (Å²) in [7, 11) is 1.89.